The third-order valence-electron chi connectivity index (χ3n) is 5.40. The molecule has 9 nitrogen and oxygen atoms in total. The summed E-state index contributed by atoms with van der Waals surface area (Å²) in [5.74, 6) is -3.45. The molecule has 34 heavy (non-hydrogen) atoms. The van der Waals surface area contributed by atoms with Crippen molar-refractivity contribution in [1.82, 2.24) is 9.80 Å². The van der Waals surface area contributed by atoms with E-state index < -0.39 is 11.9 Å². The van der Waals surface area contributed by atoms with Crippen LogP contribution < -0.4 is 4.90 Å². The second kappa shape index (κ2) is 15.5. The van der Waals surface area contributed by atoms with E-state index >= 15 is 0 Å². The van der Waals surface area contributed by atoms with Crippen molar-refractivity contribution in [2.24, 2.45) is 0 Å². The largest absolute Gasteiger partial charge is 0.473 e. The van der Waals surface area contributed by atoms with E-state index in [1.165, 1.54) is 18.5 Å². The van der Waals surface area contributed by atoms with Crippen molar-refractivity contribution < 1.29 is 30.1 Å². The van der Waals surface area contributed by atoms with Crippen LogP contribution in [0.5, 0.6) is 0 Å². The number of rotatable bonds is 8. The van der Waals surface area contributed by atoms with E-state index in [1.807, 2.05) is 42.2 Å². The monoisotopic (exact) mass is 473 g/mol. The van der Waals surface area contributed by atoms with Gasteiger partial charge in [0.05, 0.1) is 6.67 Å². The van der Waals surface area contributed by atoms with E-state index in [4.69, 9.17) is 19.8 Å². The summed E-state index contributed by atoms with van der Waals surface area (Å²) in [5, 5.41) is 14.8. The number of nitrogens with zero attached hydrogens (tertiary/aromatic N) is 3. The van der Waals surface area contributed by atoms with Gasteiger partial charge in [0.25, 0.3) is 0 Å². The fourth-order valence-corrected chi connectivity index (χ4v) is 3.68. The molecule has 9 heteroatoms. The number of para-hydroxylation sites is 1. The number of benzene rings is 2. The lowest BCUT2D eigenvalue weighted by atomic mass is 10.1. The minimum Gasteiger partial charge on any atom is -0.473 e. The molecule has 1 heterocycles. The van der Waals surface area contributed by atoms with Crippen molar-refractivity contribution in [2.45, 2.75) is 26.2 Å². The summed E-state index contributed by atoms with van der Waals surface area (Å²) in [6, 6.07) is 20.7. The molecule has 2 aromatic carbocycles. The van der Waals surface area contributed by atoms with E-state index in [2.05, 4.69) is 40.1 Å². The molecule has 4 N–H and O–H groups in total. The lowest BCUT2D eigenvalue weighted by molar-refractivity contribution is -0.159. The van der Waals surface area contributed by atoms with E-state index in [0.717, 1.165) is 45.0 Å². The first-order valence-electron chi connectivity index (χ1n) is 11.2. The zero-order chi connectivity index (χ0) is 24.1. The van der Waals surface area contributed by atoms with E-state index in [9.17, 15) is 4.79 Å². The van der Waals surface area contributed by atoms with Crippen LogP contribution in [0.2, 0.25) is 0 Å². The summed E-state index contributed by atoms with van der Waals surface area (Å²) < 4.78 is 0. The molecule has 1 fully saturated rings. The molecule has 1 aliphatic rings. The molecular formula is C25H35N3O6. The summed E-state index contributed by atoms with van der Waals surface area (Å²) in [6.45, 7) is 7.98. The Morgan fingerprint density at radius 3 is 1.91 bits per heavy atom. The van der Waals surface area contributed by atoms with Crippen molar-refractivity contribution in [2.75, 3.05) is 44.3 Å². The van der Waals surface area contributed by atoms with Gasteiger partial charge in [0, 0.05) is 44.8 Å². The highest BCUT2D eigenvalue weighted by Crippen LogP contribution is 2.15. The standard InChI is InChI=1S/C23H31N3O.C2H2O4.H2O/c1-2-23(27)26(22-12-7-4-8-13-22)19-18-25-16-9-15-24(20-25)17-14-21-10-5-3-6-11-21;3-1(4)2(5)6;/h3-8,10-13H,2,9,14-20H2,1H3;(H,3,4)(H,5,6);1H2. The molecule has 0 aliphatic carbocycles. The van der Waals surface area contributed by atoms with Crippen LogP contribution in [0.25, 0.3) is 0 Å². The Labute approximate surface area is 200 Å². The topological polar surface area (TPSA) is 133 Å². The molecule has 0 atom stereocenters. The Hall–Kier alpha value is -3.27. The fourth-order valence-electron chi connectivity index (χ4n) is 3.68. The molecule has 0 radical (unpaired) electrons. The van der Waals surface area contributed by atoms with Gasteiger partial charge < -0.3 is 20.6 Å². The summed E-state index contributed by atoms with van der Waals surface area (Å²) in [6.07, 6.45) is 2.83. The highest BCUT2D eigenvalue weighted by atomic mass is 16.4. The Bertz CT molecular complexity index is 867. The molecule has 0 aromatic heterocycles. The average molecular weight is 474 g/mol. The van der Waals surface area contributed by atoms with Crippen molar-refractivity contribution in [3.8, 4) is 0 Å². The summed E-state index contributed by atoms with van der Waals surface area (Å²) in [7, 11) is 0. The second-order valence-electron chi connectivity index (χ2n) is 7.81. The SMILES string of the molecule is CCC(=O)N(CCN1CCCN(CCc2ccccc2)C1)c1ccccc1.O.O=C(O)C(=O)O. The molecule has 3 rings (SSSR count). The van der Waals surface area contributed by atoms with E-state index in [1.54, 1.807) is 0 Å². The molecule has 1 amide bonds. The lowest BCUT2D eigenvalue weighted by Crippen LogP contribution is -2.48. The first-order valence-corrected chi connectivity index (χ1v) is 11.2. The fraction of sp³-hybridized carbons (Fsp3) is 0.400. The molecule has 1 saturated heterocycles. The maximum atomic E-state index is 12.4. The van der Waals surface area contributed by atoms with Gasteiger partial charge in [-0.2, -0.15) is 0 Å². The zero-order valence-electron chi connectivity index (χ0n) is 19.6. The number of carboxylic acid groups (broad SMARTS) is 2. The van der Waals surface area contributed by atoms with E-state index in [0.29, 0.717) is 6.42 Å². The Balaban J connectivity index is 0.000000735. The predicted octanol–water partition coefficient (Wildman–Crippen LogP) is 1.97. The molecule has 2 aromatic rings. The van der Waals surface area contributed by atoms with Crippen molar-refractivity contribution in [3.63, 3.8) is 0 Å². The van der Waals surface area contributed by atoms with Gasteiger partial charge in [0.2, 0.25) is 5.91 Å². The number of hydrogen-bond donors (Lipinski definition) is 2. The normalized spacial score (nSPS) is 13.7. The number of amides is 1. The Morgan fingerprint density at radius 1 is 0.853 bits per heavy atom. The molecule has 0 unspecified atom stereocenters. The third-order valence-corrected chi connectivity index (χ3v) is 5.40. The molecule has 0 bridgehead atoms. The highest BCUT2D eigenvalue weighted by molar-refractivity contribution is 6.27. The third kappa shape index (κ3) is 10.1. The molecular weight excluding hydrogens is 438 g/mol. The lowest BCUT2D eigenvalue weighted by Gasteiger charge is -2.36. The van der Waals surface area contributed by atoms with E-state index in [-0.39, 0.29) is 11.4 Å². The summed E-state index contributed by atoms with van der Waals surface area (Å²) in [4.78, 5) is 37.6. The maximum Gasteiger partial charge on any atom is 0.414 e. The quantitative estimate of drug-likeness (QED) is 0.560. The number of carbonyl (C=O) groups excluding carboxylic acids is 1. The van der Waals surface area contributed by atoms with Gasteiger partial charge >= 0.3 is 11.9 Å². The van der Waals surface area contributed by atoms with Gasteiger partial charge in [-0.15, -0.1) is 0 Å². The minimum atomic E-state index is -1.82. The number of carbonyl (C=O) groups is 3. The summed E-state index contributed by atoms with van der Waals surface area (Å²) >= 11 is 0. The first-order chi connectivity index (χ1) is 15.9. The van der Waals surface area contributed by atoms with Crippen LogP contribution in [-0.4, -0.2) is 82.7 Å². The van der Waals surface area contributed by atoms with Crippen molar-refractivity contribution in [1.29, 1.82) is 0 Å². The maximum absolute atomic E-state index is 12.4. The molecule has 1 aliphatic heterocycles. The highest BCUT2D eigenvalue weighted by Gasteiger charge is 2.20. The van der Waals surface area contributed by atoms with Gasteiger partial charge in [-0.3, -0.25) is 14.6 Å². The van der Waals surface area contributed by atoms with Gasteiger partial charge in [0.1, 0.15) is 0 Å². The number of anilines is 1. The number of aliphatic carboxylic acids is 2. The predicted molar refractivity (Wildman–Crippen MR) is 131 cm³/mol. The summed E-state index contributed by atoms with van der Waals surface area (Å²) in [5.41, 5.74) is 2.40. The second-order valence-corrected chi connectivity index (χ2v) is 7.81. The number of hydrogen-bond acceptors (Lipinski definition) is 5. The van der Waals surface area contributed by atoms with Crippen LogP contribution in [0.15, 0.2) is 60.7 Å². The van der Waals surface area contributed by atoms with Gasteiger partial charge in [-0.25, -0.2) is 9.59 Å². The van der Waals surface area contributed by atoms with Crippen LogP contribution in [-0.2, 0) is 20.8 Å². The van der Waals surface area contributed by atoms with Crippen LogP contribution in [0.1, 0.15) is 25.3 Å². The minimum absolute atomic E-state index is 0. The molecule has 0 spiro atoms. The van der Waals surface area contributed by atoms with Crippen LogP contribution in [0.4, 0.5) is 5.69 Å². The zero-order valence-corrected chi connectivity index (χ0v) is 19.6. The Kier molecular flexibility index (Phi) is 13.2. The van der Waals surface area contributed by atoms with Crippen LogP contribution >= 0.6 is 0 Å². The van der Waals surface area contributed by atoms with Gasteiger partial charge in [-0.1, -0.05) is 55.5 Å². The molecule has 0 saturated carbocycles. The van der Waals surface area contributed by atoms with Crippen LogP contribution in [0, 0.1) is 0 Å². The average Bonchev–Trinajstić information content (AvgIpc) is 2.84. The van der Waals surface area contributed by atoms with Crippen LogP contribution in [0.3, 0.4) is 0 Å². The van der Waals surface area contributed by atoms with Gasteiger partial charge in [0.15, 0.2) is 0 Å². The first kappa shape index (κ1) is 28.8. The smallest absolute Gasteiger partial charge is 0.414 e. The molecule has 186 valence electrons. The van der Waals surface area contributed by atoms with Crippen molar-refractivity contribution >= 4 is 23.5 Å². The van der Waals surface area contributed by atoms with Crippen molar-refractivity contribution in [3.05, 3.63) is 66.2 Å². The Morgan fingerprint density at radius 2 is 1.38 bits per heavy atom. The number of carboxylic acids is 2. The van der Waals surface area contributed by atoms with Gasteiger partial charge in [-0.05, 0) is 30.5 Å².